The van der Waals surface area contributed by atoms with E-state index in [1.165, 1.54) is 30.3 Å². The maximum atomic E-state index is 13.6. The first kappa shape index (κ1) is 27.6. The van der Waals surface area contributed by atoms with Gasteiger partial charge in [0.2, 0.25) is 0 Å². The Hall–Kier alpha value is -2.62. The number of carbonyl (C=O) groups excluding carboxylic acids is 2. The predicted molar refractivity (Wildman–Crippen MR) is 121 cm³/mol. The van der Waals surface area contributed by atoms with Gasteiger partial charge in [0.05, 0.1) is 33.2 Å². The zero-order chi connectivity index (χ0) is 25.6. The number of benzene rings is 2. The molecular weight excluding hydrogens is 526 g/mol. The number of amides is 2. The van der Waals surface area contributed by atoms with Crippen LogP contribution >= 0.6 is 34.8 Å². The van der Waals surface area contributed by atoms with Gasteiger partial charge in [-0.1, -0.05) is 65.7 Å². The van der Waals surface area contributed by atoms with Gasteiger partial charge in [-0.05, 0) is 35.4 Å². The number of hydrogen-bond donors (Lipinski definition) is 2. The minimum absolute atomic E-state index is 0.0555. The average molecular weight is 542 g/mol. The molecule has 182 valence electrons. The van der Waals surface area contributed by atoms with Crippen LogP contribution in [0.5, 0.6) is 0 Å². The Kier molecular flexibility index (Phi) is 9.49. The smallest absolute Gasteiger partial charge is 0.345 e. The van der Waals surface area contributed by atoms with Gasteiger partial charge in [-0.15, -0.1) is 0 Å². The van der Waals surface area contributed by atoms with Crippen LogP contribution in [0.1, 0.15) is 27.4 Å². The molecule has 0 fully saturated rings. The van der Waals surface area contributed by atoms with Crippen molar-refractivity contribution >= 4 is 52.7 Å². The van der Waals surface area contributed by atoms with E-state index in [2.05, 4.69) is 11.9 Å². The summed E-state index contributed by atoms with van der Waals surface area (Å²) in [6.45, 7) is 2.40. The molecule has 0 saturated heterocycles. The normalized spacial score (nSPS) is 12.6. The summed E-state index contributed by atoms with van der Waals surface area (Å²) >= 11 is 17.5. The summed E-state index contributed by atoms with van der Waals surface area (Å²) in [4.78, 5) is 23.8. The van der Waals surface area contributed by atoms with Crippen LogP contribution in [-0.2, 0) is 4.79 Å². The summed E-state index contributed by atoms with van der Waals surface area (Å²) < 4.78 is 65.1. The minimum Gasteiger partial charge on any atom is -0.345 e. The van der Waals surface area contributed by atoms with Gasteiger partial charge in [-0.25, -0.2) is 8.78 Å². The maximum Gasteiger partial charge on any atom is 0.399 e. The van der Waals surface area contributed by atoms with Crippen LogP contribution in [0.2, 0.25) is 15.1 Å². The number of carbonyl (C=O) groups is 2. The molecule has 2 amide bonds. The molecule has 0 saturated carbocycles. The van der Waals surface area contributed by atoms with Gasteiger partial charge in [-0.2, -0.15) is 13.2 Å². The third-order valence-corrected chi connectivity index (χ3v) is 5.52. The van der Waals surface area contributed by atoms with Gasteiger partial charge in [0, 0.05) is 5.56 Å². The second kappa shape index (κ2) is 11.7. The summed E-state index contributed by atoms with van der Waals surface area (Å²) in [5.74, 6) is -3.77. The van der Waals surface area contributed by atoms with Crippen molar-refractivity contribution in [1.29, 1.82) is 0 Å². The highest BCUT2D eigenvalue weighted by molar-refractivity contribution is 6.48. The summed E-state index contributed by atoms with van der Waals surface area (Å²) in [6, 6.07) is 7.52. The van der Waals surface area contributed by atoms with Gasteiger partial charge in [0.15, 0.2) is 0 Å². The minimum atomic E-state index is -4.65. The fourth-order valence-electron chi connectivity index (χ4n) is 2.66. The van der Waals surface area contributed by atoms with Crippen LogP contribution in [0.3, 0.4) is 0 Å². The second-order valence-corrected chi connectivity index (χ2v) is 8.03. The number of rotatable bonds is 8. The first-order chi connectivity index (χ1) is 15.8. The lowest BCUT2D eigenvalue weighted by atomic mass is 9.97. The molecule has 0 aliphatic rings. The van der Waals surface area contributed by atoms with Crippen molar-refractivity contribution in [3.8, 4) is 0 Å². The van der Waals surface area contributed by atoms with Crippen LogP contribution < -0.4 is 10.6 Å². The van der Waals surface area contributed by atoms with E-state index in [1.54, 1.807) is 0 Å². The Bertz CT molecular complexity index is 1080. The van der Waals surface area contributed by atoms with Crippen molar-refractivity contribution in [2.45, 2.75) is 18.5 Å². The predicted octanol–water partition coefficient (Wildman–Crippen LogP) is 6.63. The molecule has 2 N–H and O–H groups in total. The Balaban J connectivity index is 2.14. The van der Waals surface area contributed by atoms with Crippen LogP contribution in [-0.4, -0.2) is 31.0 Å². The van der Waals surface area contributed by atoms with Crippen LogP contribution in [0.15, 0.2) is 54.8 Å². The fraction of sp³-hybridized carbons (Fsp3) is 0.182. The largest absolute Gasteiger partial charge is 0.399 e. The van der Waals surface area contributed by atoms with Crippen molar-refractivity contribution in [3.63, 3.8) is 0 Å². The second-order valence-electron chi connectivity index (χ2n) is 6.83. The molecule has 2 rings (SSSR count). The molecule has 2 aromatic carbocycles. The average Bonchev–Trinajstić information content (AvgIpc) is 2.75. The van der Waals surface area contributed by atoms with E-state index in [-0.39, 0.29) is 26.2 Å². The van der Waals surface area contributed by atoms with Gasteiger partial charge in [-0.3, -0.25) is 9.59 Å². The fourth-order valence-corrected chi connectivity index (χ4v) is 3.27. The molecule has 12 heteroatoms. The van der Waals surface area contributed by atoms with Crippen LogP contribution in [0, 0.1) is 0 Å². The van der Waals surface area contributed by atoms with E-state index in [0.29, 0.717) is 5.56 Å². The third-order valence-electron chi connectivity index (χ3n) is 4.33. The van der Waals surface area contributed by atoms with Gasteiger partial charge in [0.25, 0.3) is 18.2 Å². The first-order valence-corrected chi connectivity index (χ1v) is 10.5. The summed E-state index contributed by atoms with van der Waals surface area (Å²) in [5, 5.41) is 3.74. The highest BCUT2D eigenvalue weighted by Gasteiger charge is 2.39. The SMILES string of the molecule is C=C(NC(=O)c1ccc(/C=C/C(c2cc(Cl)c(Cl)c(Cl)c2)C(F)(F)F)cc1)C(=O)NCC(F)F. The number of allylic oxidation sites excluding steroid dienone is 1. The van der Waals surface area contributed by atoms with E-state index in [0.717, 1.165) is 18.2 Å². The summed E-state index contributed by atoms with van der Waals surface area (Å²) in [6.07, 6.45) is -5.31. The van der Waals surface area contributed by atoms with Gasteiger partial charge < -0.3 is 10.6 Å². The van der Waals surface area contributed by atoms with Crippen molar-refractivity contribution in [1.82, 2.24) is 10.6 Å². The van der Waals surface area contributed by atoms with Crippen molar-refractivity contribution in [2.75, 3.05) is 6.54 Å². The van der Waals surface area contributed by atoms with E-state index in [1.807, 2.05) is 5.32 Å². The lowest BCUT2D eigenvalue weighted by Gasteiger charge is -2.18. The molecule has 2 aromatic rings. The Morgan fingerprint density at radius 2 is 1.59 bits per heavy atom. The molecule has 1 atom stereocenters. The molecule has 0 bridgehead atoms. The number of halogens is 8. The molecule has 0 aliphatic heterocycles. The van der Waals surface area contributed by atoms with E-state index >= 15 is 0 Å². The lowest BCUT2D eigenvalue weighted by molar-refractivity contribution is -0.139. The Labute approximate surface area is 206 Å². The number of nitrogens with one attached hydrogen (secondary N) is 2. The Morgan fingerprint density at radius 3 is 2.09 bits per heavy atom. The lowest BCUT2D eigenvalue weighted by Crippen LogP contribution is -2.36. The summed E-state index contributed by atoms with van der Waals surface area (Å²) in [5.41, 5.74) is -0.250. The van der Waals surface area contributed by atoms with E-state index in [9.17, 15) is 31.5 Å². The van der Waals surface area contributed by atoms with Crippen LogP contribution in [0.4, 0.5) is 22.0 Å². The van der Waals surface area contributed by atoms with E-state index in [4.69, 9.17) is 34.8 Å². The first-order valence-electron chi connectivity index (χ1n) is 9.35. The molecular formula is C22H16Cl3F5N2O2. The molecule has 0 spiro atoms. The molecule has 0 aromatic heterocycles. The van der Waals surface area contributed by atoms with Crippen molar-refractivity contribution in [2.24, 2.45) is 0 Å². The molecule has 4 nitrogen and oxygen atoms in total. The maximum absolute atomic E-state index is 13.6. The molecule has 0 aliphatic carbocycles. The quantitative estimate of drug-likeness (QED) is 0.224. The zero-order valence-corrected chi connectivity index (χ0v) is 19.3. The Morgan fingerprint density at radius 1 is 1.03 bits per heavy atom. The molecule has 1 unspecified atom stereocenters. The highest BCUT2D eigenvalue weighted by atomic mass is 35.5. The highest BCUT2D eigenvalue weighted by Crippen LogP contribution is 2.41. The van der Waals surface area contributed by atoms with Crippen LogP contribution in [0.25, 0.3) is 6.08 Å². The number of alkyl halides is 5. The number of hydrogen-bond acceptors (Lipinski definition) is 2. The van der Waals surface area contributed by atoms with E-state index < -0.39 is 42.6 Å². The molecule has 0 heterocycles. The monoisotopic (exact) mass is 540 g/mol. The topological polar surface area (TPSA) is 58.2 Å². The molecule has 0 radical (unpaired) electrons. The summed E-state index contributed by atoms with van der Waals surface area (Å²) in [7, 11) is 0. The van der Waals surface area contributed by atoms with Gasteiger partial charge in [0.1, 0.15) is 0 Å². The molecule has 34 heavy (non-hydrogen) atoms. The zero-order valence-electron chi connectivity index (χ0n) is 17.0. The van der Waals surface area contributed by atoms with Crippen molar-refractivity contribution < 1.29 is 31.5 Å². The third kappa shape index (κ3) is 7.72. The van der Waals surface area contributed by atoms with Crippen molar-refractivity contribution in [3.05, 3.63) is 86.5 Å². The standard InChI is InChI=1S/C22H16Cl3F5N2O2/c1-11(20(33)31-10-18(26)27)32-21(34)13-5-2-12(3-6-13)4-7-15(22(28,29)30)14-8-16(23)19(25)17(24)9-14/h2-9,15,18H,1,10H2,(H,31,33)(H,32,34)/b7-4+. The van der Waals surface area contributed by atoms with Gasteiger partial charge >= 0.3 is 6.18 Å².